The second kappa shape index (κ2) is 5.26. The van der Waals surface area contributed by atoms with Crippen LogP contribution in [0.25, 0.3) is 11.9 Å². The topological polar surface area (TPSA) is 93.1 Å². The van der Waals surface area contributed by atoms with E-state index in [-0.39, 0.29) is 17.1 Å². The molecule has 0 amide bonds. The van der Waals surface area contributed by atoms with Crippen molar-refractivity contribution in [3.63, 3.8) is 0 Å². The number of aliphatic hydroxyl groups excluding tert-OH is 2. The van der Waals surface area contributed by atoms with E-state index in [0.717, 1.165) is 6.08 Å². The van der Waals surface area contributed by atoms with Crippen LogP contribution in [0.2, 0.25) is 0 Å². The highest BCUT2D eigenvalue weighted by molar-refractivity contribution is 6.21. The molecule has 0 atom stereocenters. The molecule has 0 saturated heterocycles. The Morgan fingerprint density at radius 3 is 1.88 bits per heavy atom. The summed E-state index contributed by atoms with van der Waals surface area (Å²) < 4.78 is 10.5. The number of fused-ring (bicyclic) bond motifs is 4. The number of carbonyl (C=O) groups is 2. The highest BCUT2D eigenvalue weighted by Crippen LogP contribution is 2.35. The lowest BCUT2D eigenvalue weighted by Crippen LogP contribution is -2.29. The number of rotatable bonds is 0. The van der Waals surface area contributed by atoms with Crippen molar-refractivity contribution in [2.75, 3.05) is 0 Å². The van der Waals surface area contributed by atoms with Gasteiger partial charge in [-0.3, -0.25) is 9.59 Å². The molecular formula is C18H16O6. The molecule has 24 heavy (non-hydrogen) atoms. The molecule has 6 nitrogen and oxygen atoms in total. The molecule has 2 heterocycles. The Bertz CT molecular complexity index is 917. The third kappa shape index (κ3) is 2.56. The fourth-order valence-electron chi connectivity index (χ4n) is 2.55. The average molecular weight is 328 g/mol. The zero-order valence-corrected chi connectivity index (χ0v) is 13.4. The van der Waals surface area contributed by atoms with Crippen LogP contribution < -0.4 is 10.4 Å². The zero-order chi connectivity index (χ0) is 17.6. The summed E-state index contributed by atoms with van der Waals surface area (Å²) in [4.78, 5) is 25.1. The van der Waals surface area contributed by atoms with E-state index in [1.54, 1.807) is 20.8 Å². The Morgan fingerprint density at radius 1 is 0.875 bits per heavy atom. The molecule has 6 heteroatoms. The van der Waals surface area contributed by atoms with Crippen molar-refractivity contribution in [3.05, 3.63) is 57.9 Å². The lowest BCUT2D eigenvalue weighted by Gasteiger charge is -2.26. The Kier molecular flexibility index (Phi) is 3.48. The van der Waals surface area contributed by atoms with Gasteiger partial charge in [-0.15, -0.1) is 0 Å². The van der Waals surface area contributed by atoms with E-state index in [0.29, 0.717) is 10.4 Å². The molecule has 0 fully saturated rings. The first-order valence-corrected chi connectivity index (χ1v) is 7.32. The van der Waals surface area contributed by atoms with Crippen LogP contribution in [0.3, 0.4) is 0 Å². The number of allylic oxidation sites excluding steroid dienone is 2. The molecule has 1 aliphatic carbocycles. The van der Waals surface area contributed by atoms with Gasteiger partial charge in [0.05, 0.1) is 16.0 Å². The standard InChI is InChI=1S/C18H16O6/c1-18(2,3)13-11(19)8-12-14(20)15(13)24-17(22)10-6-4-9(5-7-10)16(21)23-12/h4-8,21-22H,1-3H3. The fraction of sp³-hybridized carbons (Fsp3) is 0.222. The summed E-state index contributed by atoms with van der Waals surface area (Å²) in [5, 5.41) is 20.8. The molecule has 0 spiro atoms. The maximum absolute atomic E-state index is 12.6. The molecule has 2 aliphatic heterocycles. The smallest absolute Gasteiger partial charge is 0.289 e. The minimum atomic E-state index is -0.722. The van der Waals surface area contributed by atoms with Gasteiger partial charge in [0.2, 0.25) is 0 Å². The number of aliphatic hydroxyl groups is 2. The van der Waals surface area contributed by atoms with Crippen LogP contribution in [0.4, 0.5) is 0 Å². The van der Waals surface area contributed by atoms with Crippen LogP contribution >= 0.6 is 0 Å². The van der Waals surface area contributed by atoms with Crippen LogP contribution in [0.15, 0.2) is 47.4 Å². The normalized spacial score (nSPS) is 18.0. The number of carbonyl (C=O) groups excluding carboxylic acids is 2. The second-order valence-corrected chi connectivity index (χ2v) is 6.55. The van der Waals surface area contributed by atoms with Crippen LogP contribution in [-0.2, 0) is 19.1 Å². The van der Waals surface area contributed by atoms with E-state index in [9.17, 15) is 19.8 Å². The minimum Gasteiger partial charge on any atom is -0.480 e. The predicted octanol–water partition coefficient (Wildman–Crippen LogP) is 1.32. The summed E-state index contributed by atoms with van der Waals surface area (Å²) in [6, 6.07) is 5.98. The van der Waals surface area contributed by atoms with Crippen molar-refractivity contribution in [1.29, 1.82) is 0 Å². The van der Waals surface area contributed by atoms with E-state index in [1.165, 1.54) is 24.3 Å². The van der Waals surface area contributed by atoms with Crippen LogP contribution in [-0.4, -0.2) is 21.8 Å². The van der Waals surface area contributed by atoms with Gasteiger partial charge in [-0.1, -0.05) is 20.8 Å². The number of ether oxygens (including phenoxy) is 2. The third-order valence-electron chi connectivity index (χ3n) is 3.70. The van der Waals surface area contributed by atoms with Crippen molar-refractivity contribution in [1.82, 2.24) is 0 Å². The Morgan fingerprint density at radius 2 is 1.38 bits per heavy atom. The lowest BCUT2D eigenvalue weighted by atomic mass is 9.80. The second-order valence-electron chi connectivity index (χ2n) is 6.55. The van der Waals surface area contributed by atoms with Gasteiger partial charge in [-0.25, -0.2) is 0 Å². The summed E-state index contributed by atoms with van der Waals surface area (Å²) in [5.74, 6) is -2.90. The molecule has 124 valence electrons. The van der Waals surface area contributed by atoms with Crippen LogP contribution in [0, 0.1) is 5.41 Å². The molecule has 4 rings (SSSR count). The largest absolute Gasteiger partial charge is 0.480 e. The van der Waals surface area contributed by atoms with Crippen molar-refractivity contribution >= 4 is 23.5 Å². The summed E-state index contributed by atoms with van der Waals surface area (Å²) in [7, 11) is 0. The third-order valence-corrected chi connectivity index (χ3v) is 3.70. The summed E-state index contributed by atoms with van der Waals surface area (Å²) >= 11 is 0. The van der Waals surface area contributed by atoms with Crippen molar-refractivity contribution in [2.24, 2.45) is 5.41 Å². The summed E-state index contributed by atoms with van der Waals surface area (Å²) in [5.41, 5.74) is -0.569. The average Bonchev–Trinajstić information content (AvgIpc) is 2.51. The predicted molar refractivity (Wildman–Crippen MR) is 84.5 cm³/mol. The van der Waals surface area contributed by atoms with Crippen LogP contribution in [0.5, 0.6) is 0 Å². The quantitative estimate of drug-likeness (QED) is 0.698. The van der Waals surface area contributed by atoms with Gasteiger partial charge >= 0.3 is 0 Å². The first-order valence-electron chi connectivity index (χ1n) is 7.32. The number of hydrogen-bond donors (Lipinski definition) is 2. The first-order chi connectivity index (χ1) is 11.2. The van der Waals surface area contributed by atoms with E-state index in [1.807, 2.05) is 0 Å². The minimum absolute atomic E-state index is 0.126. The zero-order valence-electron chi connectivity index (χ0n) is 13.4. The van der Waals surface area contributed by atoms with E-state index in [4.69, 9.17) is 9.47 Å². The summed E-state index contributed by atoms with van der Waals surface area (Å²) in [6.07, 6.45) is 1.02. The number of Topliss-reactive ketones (excluding diaryl/α,β-unsaturated/α-hetero) is 1. The van der Waals surface area contributed by atoms with E-state index < -0.39 is 28.9 Å². The molecule has 0 aromatic heterocycles. The van der Waals surface area contributed by atoms with Gasteiger partial charge in [0.25, 0.3) is 17.7 Å². The van der Waals surface area contributed by atoms with E-state index >= 15 is 0 Å². The maximum atomic E-state index is 12.6. The Labute approximate surface area is 137 Å². The monoisotopic (exact) mass is 328 g/mol. The summed E-state index contributed by atoms with van der Waals surface area (Å²) in [6.45, 7) is 5.26. The van der Waals surface area contributed by atoms with Crippen LogP contribution in [0.1, 0.15) is 20.8 Å². The van der Waals surface area contributed by atoms with Gasteiger partial charge < -0.3 is 19.7 Å². The molecule has 0 saturated carbocycles. The SMILES string of the molecule is CC(C)(C)C1=C2OC(O)=c3ccc(cc3)=C(O)OC(=CC1=O)C2=O. The Hall–Kier alpha value is -3.02. The number of ketones is 2. The molecule has 2 N–H and O–H groups in total. The van der Waals surface area contributed by atoms with Crippen molar-refractivity contribution < 1.29 is 29.3 Å². The number of hydrogen-bond acceptors (Lipinski definition) is 6. The molecule has 0 radical (unpaired) electrons. The van der Waals surface area contributed by atoms with Gasteiger partial charge in [-0.05, 0) is 29.7 Å². The molecule has 1 aromatic carbocycles. The lowest BCUT2D eigenvalue weighted by molar-refractivity contribution is -0.121. The number of benzene rings is 1. The van der Waals surface area contributed by atoms with Crippen molar-refractivity contribution in [3.8, 4) is 0 Å². The molecule has 0 unspecified atom stereocenters. The molecule has 3 aliphatic rings. The highest BCUT2D eigenvalue weighted by atomic mass is 16.6. The fourth-order valence-corrected chi connectivity index (χ4v) is 2.55. The molecular weight excluding hydrogens is 312 g/mol. The van der Waals surface area contributed by atoms with E-state index in [2.05, 4.69) is 0 Å². The van der Waals surface area contributed by atoms with Gasteiger partial charge in [0.15, 0.2) is 17.3 Å². The molecule has 4 bridgehead atoms. The van der Waals surface area contributed by atoms with Gasteiger partial charge in [0.1, 0.15) is 0 Å². The molecule has 1 aromatic rings. The maximum Gasteiger partial charge on any atom is 0.289 e. The van der Waals surface area contributed by atoms with Gasteiger partial charge in [-0.2, -0.15) is 0 Å². The highest BCUT2D eigenvalue weighted by Gasteiger charge is 2.38. The first kappa shape index (κ1) is 15.9. The van der Waals surface area contributed by atoms with Crippen molar-refractivity contribution in [2.45, 2.75) is 20.8 Å². The Balaban J connectivity index is 2.34. The van der Waals surface area contributed by atoms with Gasteiger partial charge in [0, 0.05) is 6.08 Å².